The van der Waals surface area contributed by atoms with Crippen LogP contribution in [0.5, 0.6) is 0 Å². The van der Waals surface area contributed by atoms with Crippen molar-refractivity contribution in [2.45, 2.75) is 36.9 Å². The van der Waals surface area contributed by atoms with Gasteiger partial charge in [-0.15, -0.1) is 24.2 Å². The van der Waals surface area contributed by atoms with Crippen LogP contribution in [0.3, 0.4) is 0 Å². The maximum absolute atomic E-state index is 12.6. The van der Waals surface area contributed by atoms with E-state index >= 15 is 0 Å². The zero-order valence-corrected chi connectivity index (χ0v) is 14.9. The number of piperazine rings is 1. The van der Waals surface area contributed by atoms with Gasteiger partial charge >= 0.3 is 6.18 Å². The average molecular weight is 369 g/mol. The standard InChI is InChI=1S/C16H23F3N2S.ClH/c1-2-22-14-5-3-13(4-6-14)15(7-8-16(17,18)19)21-11-9-20-10-12-21;/h3-6,15,20H,2,7-12H2,1H3;1H/t15-;/m1./s1. The second-order valence-electron chi connectivity index (χ2n) is 5.46. The van der Waals surface area contributed by atoms with E-state index < -0.39 is 12.6 Å². The van der Waals surface area contributed by atoms with Crippen LogP contribution in [-0.4, -0.2) is 43.0 Å². The fourth-order valence-electron chi connectivity index (χ4n) is 2.81. The fourth-order valence-corrected chi connectivity index (χ4v) is 3.47. The van der Waals surface area contributed by atoms with E-state index in [1.807, 2.05) is 24.3 Å². The normalized spacial score (nSPS) is 17.6. The Labute approximate surface area is 146 Å². The highest BCUT2D eigenvalue weighted by Crippen LogP contribution is 2.32. The molecule has 0 aliphatic carbocycles. The molecule has 0 saturated carbocycles. The molecule has 1 N–H and O–H groups in total. The SMILES string of the molecule is CCSc1ccc([C@@H](CCC(F)(F)F)N2CCNCC2)cc1.Cl. The Hall–Kier alpha value is -0.430. The second kappa shape index (κ2) is 9.77. The van der Waals surface area contributed by atoms with E-state index in [0.29, 0.717) is 0 Å². The van der Waals surface area contributed by atoms with Crippen LogP contribution in [0, 0.1) is 0 Å². The van der Waals surface area contributed by atoms with E-state index in [2.05, 4.69) is 17.1 Å². The highest BCUT2D eigenvalue weighted by molar-refractivity contribution is 7.99. The molecule has 2 rings (SSSR count). The van der Waals surface area contributed by atoms with Gasteiger partial charge in [-0.3, -0.25) is 4.90 Å². The van der Waals surface area contributed by atoms with Gasteiger partial charge in [0.05, 0.1) is 0 Å². The Morgan fingerprint density at radius 3 is 2.30 bits per heavy atom. The molecule has 1 aliphatic rings. The Kier molecular flexibility index (Phi) is 8.75. The molecule has 0 aromatic heterocycles. The maximum atomic E-state index is 12.6. The summed E-state index contributed by atoms with van der Waals surface area (Å²) in [5.41, 5.74) is 0.992. The predicted molar refractivity (Wildman–Crippen MR) is 92.6 cm³/mol. The van der Waals surface area contributed by atoms with E-state index in [-0.39, 0.29) is 24.9 Å². The number of hydrogen-bond donors (Lipinski definition) is 1. The summed E-state index contributed by atoms with van der Waals surface area (Å²) >= 11 is 1.75. The van der Waals surface area contributed by atoms with Crippen LogP contribution < -0.4 is 5.32 Å². The van der Waals surface area contributed by atoms with Crippen LogP contribution in [-0.2, 0) is 0 Å². The van der Waals surface area contributed by atoms with Crippen molar-refractivity contribution in [1.82, 2.24) is 10.2 Å². The van der Waals surface area contributed by atoms with Crippen LogP contribution in [0.25, 0.3) is 0 Å². The third kappa shape index (κ3) is 6.91. The predicted octanol–water partition coefficient (Wildman–Crippen LogP) is 4.51. The number of thioether (sulfide) groups is 1. The maximum Gasteiger partial charge on any atom is 0.389 e. The number of halogens is 4. The smallest absolute Gasteiger partial charge is 0.314 e. The molecule has 1 saturated heterocycles. The molecule has 23 heavy (non-hydrogen) atoms. The number of nitrogens with one attached hydrogen (secondary N) is 1. The molecule has 1 fully saturated rings. The Balaban J connectivity index is 0.00000264. The molecular weight excluding hydrogens is 345 g/mol. The van der Waals surface area contributed by atoms with Crippen LogP contribution in [0.15, 0.2) is 29.2 Å². The largest absolute Gasteiger partial charge is 0.389 e. The van der Waals surface area contributed by atoms with Crippen molar-refractivity contribution >= 4 is 24.2 Å². The van der Waals surface area contributed by atoms with Gasteiger partial charge in [0.15, 0.2) is 0 Å². The monoisotopic (exact) mass is 368 g/mol. The summed E-state index contributed by atoms with van der Waals surface area (Å²) in [4.78, 5) is 3.34. The minimum Gasteiger partial charge on any atom is -0.314 e. The van der Waals surface area contributed by atoms with Crippen molar-refractivity contribution < 1.29 is 13.2 Å². The summed E-state index contributed by atoms with van der Waals surface area (Å²) < 4.78 is 37.9. The molecule has 0 unspecified atom stereocenters. The van der Waals surface area contributed by atoms with E-state index in [4.69, 9.17) is 0 Å². The molecule has 0 amide bonds. The summed E-state index contributed by atoms with van der Waals surface area (Å²) in [5.74, 6) is 0.995. The summed E-state index contributed by atoms with van der Waals surface area (Å²) in [5, 5.41) is 3.25. The molecule has 1 aromatic rings. The minimum atomic E-state index is -4.09. The lowest BCUT2D eigenvalue weighted by Gasteiger charge is -2.35. The first-order valence-electron chi connectivity index (χ1n) is 7.74. The first kappa shape index (κ1) is 20.6. The van der Waals surface area contributed by atoms with Crippen molar-refractivity contribution in [2.75, 3.05) is 31.9 Å². The molecule has 1 aliphatic heterocycles. The second-order valence-corrected chi connectivity index (χ2v) is 6.80. The molecule has 1 atom stereocenters. The quantitative estimate of drug-likeness (QED) is 0.744. The third-order valence-corrected chi connectivity index (χ3v) is 4.76. The molecule has 2 nitrogen and oxygen atoms in total. The Bertz CT molecular complexity index is 448. The number of benzene rings is 1. The van der Waals surface area contributed by atoms with E-state index in [1.54, 1.807) is 11.8 Å². The first-order chi connectivity index (χ1) is 10.5. The van der Waals surface area contributed by atoms with Gasteiger partial charge < -0.3 is 5.32 Å². The number of hydrogen-bond acceptors (Lipinski definition) is 3. The van der Waals surface area contributed by atoms with Crippen LogP contribution in [0.2, 0.25) is 0 Å². The van der Waals surface area contributed by atoms with Gasteiger partial charge in [-0.2, -0.15) is 13.2 Å². The lowest BCUT2D eigenvalue weighted by molar-refractivity contribution is -0.138. The van der Waals surface area contributed by atoms with E-state index in [1.165, 1.54) is 4.90 Å². The topological polar surface area (TPSA) is 15.3 Å². The van der Waals surface area contributed by atoms with Gasteiger partial charge in [0.2, 0.25) is 0 Å². The summed E-state index contributed by atoms with van der Waals surface area (Å²) in [7, 11) is 0. The molecule has 1 heterocycles. The summed E-state index contributed by atoms with van der Waals surface area (Å²) in [6.45, 7) is 5.37. The summed E-state index contributed by atoms with van der Waals surface area (Å²) in [6, 6.07) is 7.87. The van der Waals surface area contributed by atoms with Crippen molar-refractivity contribution in [3.8, 4) is 0 Å². The van der Waals surface area contributed by atoms with Crippen molar-refractivity contribution in [1.29, 1.82) is 0 Å². The van der Waals surface area contributed by atoms with Gasteiger partial charge in [0, 0.05) is 43.5 Å². The van der Waals surface area contributed by atoms with Crippen LogP contribution >= 0.6 is 24.2 Å². The van der Waals surface area contributed by atoms with Gasteiger partial charge in [0.25, 0.3) is 0 Å². The van der Waals surface area contributed by atoms with Crippen molar-refractivity contribution in [3.05, 3.63) is 29.8 Å². The Morgan fingerprint density at radius 1 is 1.17 bits per heavy atom. The van der Waals surface area contributed by atoms with Crippen LogP contribution in [0.1, 0.15) is 31.4 Å². The zero-order valence-electron chi connectivity index (χ0n) is 13.2. The first-order valence-corrected chi connectivity index (χ1v) is 8.72. The highest BCUT2D eigenvalue weighted by Gasteiger charge is 2.31. The highest BCUT2D eigenvalue weighted by atomic mass is 35.5. The molecule has 7 heteroatoms. The average Bonchev–Trinajstić information content (AvgIpc) is 2.49. The van der Waals surface area contributed by atoms with Gasteiger partial charge in [-0.1, -0.05) is 19.1 Å². The van der Waals surface area contributed by atoms with E-state index in [0.717, 1.165) is 37.5 Å². The third-order valence-electron chi connectivity index (χ3n) is 3.87. The Morgan fingerprint density at radius 2 is 1.78 bits per heavy atom. The van der Waals surface area contributed by atoms with E-state index in [9.17, 15) is 13.2 Å². The molecular formula is C16H24ClF3N2S. The molecule has 132 valence electrons. The number of rotatable bonds is 6. The lowest BCUT2D eigenvalue weighted by Crippen LogP contribution is -2.45. The fraction of sp³-hybridized carbons (Fsp3) is 0.625. The molecule has 0 bridgehead atoms. The van der Waals surface area contributed by atoms with Crippen molar-refractivity contribution in [2.24, 2.45) is 0 Å². The van der Waals surface area contributed by atoms with Crippen molar-refractivity contribution in [3.63, 3.8) is 0 Å². The van der Waals surface area contributed by atoms with Gasteiger partial charge in [0.1, 0.15) is 0 Å². The number of alkyl halides is 3. The zero-order chi connectivity index (χ0) is 16.0. The van der Waals surface area contributed by atoms with Crippen LogP contribution in [0.4, 0.5) is 13.2 Å². The molecule has 0 radical (unpaired) electrons. The molecule has 1 aromatic carbocycles. The van der Waals surface area contributed by atoms with Gasteiger partial charge in [-0.05, 0) is 29.9 Å². The van der Waals surface area contributed by atoms with Gasteiger partial charge in [-0.25, -0.2) is 0 Å². The molecule has 0 spiro atoms. The number of nitrogens with zero attached hydrogens (tertiary/aromatic N) is 1. The lowest BCUT2D eigenvalue weighted by atomic mass is 9.99. The minimum absolute atomic E-state index is 0. The summed E-state index contributed by atoms with van der Waals surface area (Å²) in [6.07, 6.45) is -4.69.